The van der Waals surface area contributed by atoms with Crippen molar-refractivity contribution >= 4 is 40.2 Å². The molecule has 0 aliphatic carbocycles. The second-order valence-electron chi connectivity index (χ2n) is 3.88. The third-order valence-electron chi connectivity index (χ3n) is 2.53. The molecule has 0 unspecified atom stereocenters. The summed E-state index contributed by atoms with van der Waals surface area (Å²) < 4.78 is 5.84. The fourth-order valence-electron chi connectivity index (χ4n) is 1.59. The predicted molar refractivity (Wildman–Crippen MR) is 77.5 cm³/mol. The lowest BCUT2D eigenvalue weighted by Gasteiger charge is -2.08. The quantitative estimate of drug-likeness (QED) is 0.813. The number of carboxylic acids is 1. The molecule has 0 saturated heterocycles. The van der Waals surface area contributed by atoms with Crippen molar-refractivity contribution in [1.29, 1.82) is 0 Å². The van der Waals surface area contributed by atoms with E-state index in [1.54, 1.807) is 25.1 Å². The molecule has 0 fully saturated rings. The van der Waals surface area contributed by atoms with Crippen LogP contribution in [0.5, 0.6) is 0 Å². The highest BCUT2D eigenvalue weighted by molar-refractivity contribution is 14.1. The summed E-state index contributed by atoms with van der Waals surface area (Å²) in [5.41, 5.74) is 0.984. The van der Waals surface area contributed by atoms with Crippen LogP contribution in [0.15, 0.2) is 34.9 Å². The number of carbonyl (C=O) groups is 2. The Morgan fingerprint density at radius 3 is 2.63 bits per heavy atom. The summed E-state index contributed by atoms with van der Waals surface area (Å²) in [6.45, 7) is 1.74. The Bertz CT molecular complexity index is 648. The minimum Gasteiger partial charge on any atom is -0.478 e. The highest BCUT2D eigenvalue weighted by atomic mass is 127. The number of nitrogens with one attached hydrogen (secondary N) is 1. The summed E-state index contributed by atoms with van der Waals surface area (Å²) in [7, 11) is 0. The number of carboxylic acid groups (broad SMARTS) is 1. The van der Waals surface area contributed by atoms with E-state index in [-0.39, 0.29) is 17.0 Å². The summed E-state index contributed by atoms with van der Waals surface area (Å²) in [4.78, 5) is 23.1. The molecule has 19 heavy (non-hydrogen) atoms. The second-order valence-corrected chi connectivity index (χ2v) is 5.13. The highest BCUT2D eigenvalue weighted by Gasteiger charge is 2.17. The van der Waals surface area contributed by atoms with Crippen LogP contribution < -0.4 is 5.32 Å². The highest BCUT2D eigenvalue weighted by Crippen LogP contribution is 2.20. The van der Waals surface area contributed by atoms with Crippen LogP contribution in [0.3, 0.4) is 0 Å². The molecule has 2 rings (SSSR count). The number of aromatic carboxylic acids is 1. The first-order valence-electron chi connectivity index (χ1n) is 5.37. The summed E-state index contributed by atoms with van der Waals surface area (Å²) in [5, 5.41) is 11.7. The molecule has 0 bridgehead atoms. The molecular formula is C13H10INO4. The Morgan fingerprint density at radius 2 is 2.05 bits per heavy atom. The smallest absolute Gasteiger partial charge is 0.337 e. The molecule has 0 atom stereocenters. The minimum absolute atomic E-state index is 0.0458. The molecule has 0 saturated carbocycles. The van der Waals surface area contributed by atoms with Crippen LogP contribution in [0.1, 0.15) is 26.5 Å². The monoisotopic (exact) mass is 371 g/mol. The molecule has 0 radical (unpaired) electrons. The van der Waals surface area contributed by atoms with Crippen molar-refractivity contribution in [1.82, 2.24) is 0 Å². The van der Waals surface area contributed by atoms with Crippen molar-refractivity contribution in [3.63, 3.8) is 0 Å². The molecular weight excluding hydrogens is 361 g/mol. The number of rotatable bonds is 3. The van der Waals surface area contributed by atoms with Crippen molar-refractivity contribution in [2.45, 2.75) is 6.92 Å². The maximum atomic E-state index is 12.0. The number of benzene rings is 1. The molecule has 0 aliphatic heterocycles. The molecule has 6 heteroatoms. The Hall–Kier alpha value is -1.83. The van der Waals surface area contributed by atoms with Crippen molar-refractivity contribution in [3.8, 4) is 0 Å². The summed E-state index contributed by atoms with van der Waals surface area (Å²) in [5.74, 6) is -1.38. The normalized spacial score (nSPS) is 10.2. The summed E-state index contributed by atoms with van der Waals surface area (Å²) in [6.07, 6.45) is 1.41. The number of hydrogen-bond donors (Lipinski definition) is 2. The van der Waals surface area contributed by atoms with Crippen LogP contribution in [0.25, 0.3) is 0 Å². The van der Waals surface area contributed by atoms with Crippen molar-refractivity contribution in [3.05, 3.63) is 51.0 Å². The zero-order chi connectivity index (χ0) is 14.0. The molecule has 0 aliphatic rings. The number of hydrogen-bond acceptors (Lipinski definition) is 3. The van der Waals surface area contributed by atoms with Crippen LogP contribution in [-0.4, -0.2) is 17.0 Å². The van der Waals surface area contributed by atoms with Gasteiger partial charge in [0.05, 0.1) is 17.5 Å². The summed E-state index contributed by atoms with van der Waals surface area (Å²) in [6, 6.07) is 6.44. The third-order valence-corrected chi connectivity index (χ3v) is 3.20. The lowest BCUT2D eigenvalue weighted by atomic mass is 10.1. The number of furan rings is 1. The first kappa shape index (κ1) is 13.6. The topological polar surface area (TPSA) is 79.5 Å². The lowest BCUT2D eigenvalue weighted by molar-refractivity contribution is 0.0698. The molecule has 0 spiro atoms. The zero-order valence-corrected chi connectivity index (χ0v) is 12.1. The van der Waals surface area contributed by atoms with Gasteiger partial charge in [0.25, 0.3) is 5.91 Å². The average Bonchev–Trinajstić information content (AvgIpc) is 2.77. The number of aryl methyl sites for hydroxylation is 1. The molecule has 2 aromatic rings. The van der Waals surface area contributed by atoms with Gasteiger partial charge in [-0.3, -0.25) is 4.79 Å². The second kappa shape index (κ2) is 5.43. The third kappa shape index (κ3) is 2.95. The van der Waals surface area contributed by atoms with Crippen LogP contribution in [0.4, 0.5) is 5.69 Å². The Labute approximate surface area is 122 Å². The number of amides is 1. The first-order valence-corrected chi connectivity index (χ1v) is 6.45. The molecule has 1 heterocycles. The van der Waals surface area contributed by atoms with Crippen molar-refractivity contribution in [2.24, 2.45) is 0 Å². The predicted octanol–water partition coefficient (Wildman–Crippen LogP) is 3.14. The van der Waals surface area contributed by atoms with E-state index in [4.69, 9.17) is 9.52 Å². The molecule has 98 valence electrons. The van der Waals surface area contributed by atoms with E-state index in [0.29, 0.717) is 5.56 Å². The molecule has 2 N–H and O–H groups in total. The maximum absolute atomic E-state index is 12.0. The van der Waals surface area contributed by atoms with Crippen LogP contribution in [0, 0.1) is 10.5 Å². The van der Waals surface area contributed by atoms with E-state index < -0.39 is 11.9 Å². The fourth-order valence-corrected chi connectivity index (χ4v) is 2.08. The van der Waals surface area contributed by atoms with Gasteiger partial charge in [-0.05, 0) is 53.8 Å². The van der Waals surface area contributed by atoms with Gasteiger partial charge in [-0.1, -0.05) is 0 Å². The molecule has 1 aromatic heterocycles. The molecule has 5 nitrogen and oxygen atoms in total. The van der Waals surface area contributed by atoms with Crippen LogP contribution in [0.2, 0.25) is 0 Å². The van der Waals surface area contributed by atoms with E-state index in [0.717, 1.165) is 3.57 Å². The van der Waals surface area contributed by atoms with Gasteiger partial charge in [-0.25, -0.2) is 4.79 Å². The van der Waals surface area contributed by atoms with Gasteiger partial charge < -0.3 is 14.8 Å². The van der Waals surface area contributed by atoms with Crippen molar-refractivity contribution < 1.29 is 19.1 Å². The number of carbonyl (C=O) groups excluding carboxylic acids is 1. The Kier molecular flexibility index (Phi) is 3.89. The van der Waals surface area contributed by atoms with Gasteiger partial charge in [0.2, 0.25) is 0 Å². The van der Waals surface area contributed by atoms with Gasteiger partial charge in [0.1, 0.15) is 0 Å². The van der Waals surface area contributed by atoms with Gasteiger partial charge in [0, 0.05) is 9.13 Å². The Balaban J connectivity index is 2.32. The van der Waals surface area contributed by atoms with E-state index in [1.807, 2.05) is 22.6 Å². The lowest BCUT2D eigenvalue weighted by Crippen LogP contribution is -2.15. The van der Waals surface area contributed by atoms with E-state index in [2.05, 4.69) is 5.32 Å². The molecule has 1 amide bonds. The van der Waals surface area contributed by atoms with Crippen molar-refractivity contribution in [2.75, 3.05) is 5.32 Å². The van der Waals surface area contributed by atoms with Crippen LogP contribution in [-0.2, 0) is 0 Å². The van der Waals surface area contributed by atoms with Gasteiger partial charge >= 0.3 is 5.97 Å². The number of anilines is 1. The van der Waals surface area contributed by atoms with Gasteiger partial charge in [-0.15, -0.1) is 0 Å². The Morgan fingerprint density at radius 1 is 1.32 bits per heavy atom. The largest absolute Gasteiger partial charge is 0.478 e. The van der Waals surface area contributed by atoms with E-state index >= 15 is 0 Å². The van der Waals surface area contributed by atoms with E-state index in [9.17, 15) is 9.59 Å². The standard InChI is InChI=1S/C13H10INO4/c1-7-4-5-19-11(7)12(16)15-10-3-2-8(14)6-9(10)13(17)18/h2-6H,1H3,(H,15,16)(H,17,18). The average molecular weight is 371 g/mol. The van der Waals surface area contributed by atoms with E-state index in [1.165, 1.54) is 12.3 Å². The van der Waals surface area contributed by atoms with Crippen LogP contribution >= 0.6 is 22.6 Å². The SMILES string of the molecule is Cc1ccoc1C(=O)Nc1ccc(I)cc1C(=O)O. The minimum atomic E-state index is -1.09. The molecule has 1 aromatic carbocycles. The maximum Gasteiger partial charge on any atom is 0.337 e. The van der Waals surface area contributed by atoms with Gasteiger partial charge in [0.15, 0.2) is 5.76 Å². The number of halogens is 1. The zero-order valence-electron chi connectivity index (χ0n) is 9.94. The first-order chi connectivity index (χ1) is 8.99. The fraction of sp³-hybridized carbons (Fsp3) is 0.0769. The summed E-state index contributed by atoms with van der Waals surface area (Å²) >= 11 is 2.01. The van der Waals surface area contributed by atoms with Gasteiger partial charge in [-0.2, -0.15) is 0 Å².